The van der Waals surface area contributed by atoms with E-state index in [0.29, 0.717) is 54.6 Å². The van der Waals surface area contributed by atoms with Crippen LogP contribution >= 0.6 is 0 Å². The molecule has 1 saturated heterocycles. The summed E-state index contributed by atoms with van der Waals surface area (Å²) < 4.78 is 35.1. The number of pyridine rings is 4. The zero-order valence-electron chi connectivity index (χ0n) is 20.7. The van der Waals surface area contributed by atoms with E-state index < -0.39 is 11.6 Å². The highest BCUT2D eigenvalue weighted by molar-refractivity contribution is 5.99. The highest BCUT2D eigenvalue weighted by Crippen LogP contribution is 2.39. The van der Waals surface area contributed by atoms with Crippen LogP contribution in [0.4, 0.5) is 26.0 Å². The van der Waals surface area contributed by atoms with Crippen LogP contribution in [0, 0.1) is 18.6 Å². The molecule has 0 bridgehead atoms. The molecule has 1 N–H and O–H groups in total. The summed E-state index contributed by atoms with van der Waals surface area (Å²) in [5.74, 6) is -0.620. The molecule has 1 fully saturated rings. The number of nitrogens with one attached hydrogen (secondary N) is 1. The molecule has 4 aromatic heterocycles. The zero-order chi connectivity index (χ0) is 26.1. The van der Waals surface area contributed by atoms with E-state index in [0.717, 1.165) is 23.0 Å². The molecule has 0 unspecified atom stereocenters. The summed E-state index contributed by atoms with van der Waals surface area (Å²) in [6.45, 7) is 4.52. The van der Waals surface area contributed by atoms with Crippen LogP contribution in [0.3, 0.4) is 0 Å². The lowest BCUT2D eigenvalue weighted by molar-refractivity contribution is 0.122. The van der Waals surface area contributed by atoms with Crippen LogP contribution in [0.25, 0.3) is 33.4 Å². The number of hydrogen-bond donors (Lipinski definition) is 1. The van der Waals surface area contributed by atoms with Gasteiger partial charge in [0.1, 0.15) is 17.5 Å². The molecule has 0 radical (unpaired) electrons. The van der Waals surface area contributed by atoms with Crippen LogP contribution in [0.5, 0.6) is 0 Å². The van der Waals surface area contributed by atoms with E-state index in [-0.39, 0.29) is 10.9 Å². The van der Waals surface area contributed by atoms with Crippen molar-refractivity contribution in [2.45, 2.75) is 6.92 Å². The molecule has 6 rings (SSSR count). The fourth-order valence-corrected chi connectivity index (χ4v) is 4.71. The Morgan fingerprint density at radius 1 is 0.947 bits per heavy atom. The highest BCUT2D eigenvalue weighted by Gasteiger charge is 2.21. The maximum absolute atomic E-state index is 15.3. The normalized spacial score (nSPS) is 13.6. The van der Waals surface area contributed by atoms with E-state index in [4.69, 9.17) is 9.72 Å². The van der Waals surface area contributed by atoms with Gasteiger partial charge < -0.3 is 15.0 Å². The third kappa shape index (κ3) is 4.52. The third-order valence-corrected chi connectivity index (χ3v) is 6.61. The fraction of sp³-hybridized carbons (Fsp3) is 0.172. The Bertz CT molecular complexity index is 1610. The first-order valence-electron chi connectivity index (χ1n) is 12.3. The van der Waals surface area contributed by atoms with Gasteiger partial charge in [-0.25, -0.2) is 18.7 Å². The standard InChI is InChI=1S/C29H24F2N6O/c1-18-28(23-6-2-3-8-33-23)36-25-14-20(30)13-22(31)27(25)29(18)35-24-15-26(37-9-11-38-12-10-37)34-17-21(24)19-5-4-7-32-16-19/h2-8,13-17H,9-12H2,1H3,(H,34,35,36). The van der Waals surface area contributed by atoms with Gasteiger partial charge in [0, 0.05) is 72.8 Å². The van der Waals surface area contributed by atoms with Crippen LogP contribution in [-0.4, -0.2) is 46.2 Å². The first kappa shape index (κ1) is 23.9. The largest absolute Gasteiger partial charge is 0.378 e. The minimum Gasteiger partial charge on any atom is -0.378 e. The van der Waals surface area contributed by atoms with E-state index >= 15 is 4.39 Å². The van der Waals surface area contributed by atoms with Gasteiger partial charge in [0.15, 0.2) is 0 Å². The van der Waals surface area contributed by atoms with Crippen LogP contribution in [0.2, 0.25) is 0 Å². The number of nitrogens with zero attached hydrogens (tertiary/aromatic N) is 5. The maximum Gasteiger partial charge on any atom is 0.137 e. The zero-order valence-corrected chi connectivity index (χ0v) is 20.7. The quantitative estimate of drug-likeness (QED) is 0.315. The van der Waals surface area contributed by atoms with Crippen molar-refractivity contribution in [2.75, 3.05) is 36.5 Å². The van der Waals surface area contributed by atoms with E-state index in [1.807, 2.05) is 43.3 Å². The number of fused-ring (bicyclic) bond motifs is 1. The number of morpholine rings is 1. The van der Waals surface area contributed by atoms with Crippen molar-refractivity contribution in [1.82, 2.24) is 19.9 Å². The summed E-state index contributed by atoms with van der Waals surface area (Å²) in [4.78, 5) is 20.2. The molecule has 7 nitrogen and oxygen atoms in total. The average molecular weight is 511 g/mol. The monoisotopic (exact) mass is 510 g/mol. The molecule has 0 amide bonds. The van der Waals surface area contributed by atoms with Crippen LogP contribution in [0.1, 0.15) is 5.56 Å². The molecule has 9 heteroatoms. The summed E-state index contributed by atoms with van der Waals surface area (Å²) >= 11 is 0. The number of halogens is 2. The van der Waals surface area contributed by atoms with Crippen LogP contribution in [0.15, 0.2) is 73.3 Å². The fourth-order valence-electron chi connectivity index (χ4n) is 4.71. The summed E-state index contributed by atoms with van der Waals surface area (Å²) in [5.41, 5.74) is 4.86. The number of ether oxygens (including phenoxy) is 1. The molecule has 190 valence electrons. The Hall–Kier alpha value is -4.50. The summed E-state index contributed by atoms with van der Waals surface area (Å²) in [6.07, 6.45) is 6.91. The van der Waals surface area contributed by atoms with Crippen LogP contribution in [-0.2, 0) is 4.74 Å². The number of benzene rings is 1. The highest BCUT2D eigenvalue weighted by atomic mass is 19.1. The first-order chi connectivity index (χ1) is 18.6. The second-order valence-corrected chi connectivity index (χ2v) is 9.01. The van der Waals surface area contributed by atoms with Gasteiger partial charge >= 0.3 is 0 Å². The second kappa shape index (κ2) is 10.1. The van der Waals surface area contributed by atoms with Gasteiger partial charge in [0.2, 0.25) is 0 Å². The molecule has 0 aliphatic carbocycles. The summed E-state index contributed by atoms with van der Waals surface area (Å²) in [7, 11) is 0. The van der Waals surface area contributed by atoms with Crippen molar-refractivity contribution in [3.8, 4) is 22.5 Å². The molecule has 38 heavy (non-hydrogen) atoms. The average Bonchev–Trinajstić information content (AvgIpc) is 2.95. The summed E-state index contributed by atoms with van der Waals surface area (Å²) in [6, 6.07) is 13.3. The number of aromatic nitrogens is 4. The number of rotatable bonds is 5. The summed E-state index contributed by atoms with van der Waals surface area (Å²) in [5, 5.41) is 3.68. The van der Waals surface area contributed by atoms with Crippen LogP contribution < -0.4 is 10.2 Å². The van der Waals surface area contributed by atoms with Gasteiger partial charge in [-0.15, -0.1) is 0 Å². The Labute approximate surface area is 218 Å². The van der Waals surface area contributed by atoms with Gasteiger partial charge in [0.25, 0.3) is 0 Å². The molecule has 5 aromatic rings. The van der Waals surface area contributed by atoms with Crippen molar-refractivity contribution < 1.29 is 13.5 Å². The predicted molar refractivity (Wildman–Crippen MR) is 143 cm³/mol. The lowest BCUT2D eigenvalue weighted by atomic mass is 10.0. The second-order valence-electron chi connectivity index (χ2n) is 9.01. The van der Waals surface area contributed by atoms with Crippen molar-refractivity contribution in [3.63, 3.8) is 0 Å². The molecule has 0 atom stereocenters. The Balaban J connectivity index is 1.56. The van der Waals surface area contributed by atoms with Gasteiger partial charge in [0.05, 0.1) is 46.9 Å². The van der Waals surface area contributed by atoms with E-state index in [1.165, 1.54) is 6.07 Å². The molecule has 1 aliphatic heterocycles. The van der Waals surface area contributed by atoms with E-state index in [2.05, 4.69) is 25.2 Å². The van der Waals surface area contributed by atoms with Gasteiger partial charge in [-0.1, -0.05) is 12.1 Å². The molecular formula is C29H24F2N6O. The molecule has 5 heterocycles. The third-order valence-electron chi connectivity index (χ3n) is 6.61. The molecule has 0 saturated carbocycles. The lowest BCUT2D eigenvalue weighted by Crippen LogP contribution is -2.36. The van der Waals surface area contributed by atoms with Crippen molar-refractivity contribution >= 4 is 28.1 Å². The number of anilines is 3. The van der Waals surface area contributed by atoms with E-state index in [9.17, 15) is 4.39 Å². The van der Waals surface area contributed by atoms with Gasteiger partial charge in [-0.3, -0.25) is 9.97 Å². The topological polar surface area (TPSA) is 76.1 Å². The molecular weight excluding hydrogens is 486 g/mol. The minimum absolute atomic E-state index is 0.196. The van der Waals surface area contributed by atoms with Gasteiger partial charge in [-0.05, 0) is 25.1 Å². The van der Waals surface area contributed by atoms with Crippen molar-refractivity contribution in [1.29, 1.82) is 0 Å². The Morgan fingerprint density at radius 3 is 2.58 bits per heavy atom. The Morgan fingerprint density at radius 2 is 1.82 bits per heavy atom. The molecule has 1 aliphatic rings. The Kier molecular flexibility index (Phi) is 6.35. The molecule has 0 spiro atoms. The van der Waals surface area contributed by atoms with E-state index in [1.54, 1.807) is 24.8 Å². The first-order valence-corrected chi connectivity index (χ1v) is 12.3. The smallest absolute Gasteiger partial charge is 0.137 e. The predicted octanol–water partition coefficient (Wildman–Crippen LogP) is 5.92. The molecule has 1 aromatic carbocycles. The van der Waals surface area contributed by atoms with Gasteiger partial charge in [-0.2, -0.15) is 0 Å². The number of hydrogen-bond acceptors (Lipinski definition) is 7. The van der Waals surface area contributed by atoms with Crippen molar-refractivity contribution in [3.05, 3.63) is 90.5 Å². The minimum atomic E-state index is -0.698. The maximum atomic E-state index is 15.3. The van der Waals surface area contributed by atoms with Crippen molar-refractivity contribution in [2.24, 2.45) is 0 Å². The lowest BCUT2D eigenvalue weighted by Gasteiger charge is -2.28. The SMILES string of the molecule is Cc1c(-c2ccccn2)nc2cc(F)cc(F)c2c1Nc1cc(N2CCOCC2)ncc1-c1cccnc1.